The third-order valence-electron chi connectivity index (χ3n) is 5.09. The summed E-state index contributed by atoms with van der Waals surface area (Å²) in [7, 11) is 0. The molecule has 2 fully saturated rings. The SMILES string of the molecule is Cc1ccccc1COC(=O)N1CCN(CC2COCC2C)C1=N[N+](=O)[O-]. The normalized spacial score (nSPS) is 23.9. The smallest absolute Gasteiger partial charge is 0.417 e. The van der Waals surface area contributed by atoms with Crippen molar-refractivity contribution in [2.75, 3.05) is 32.8 Å². The molecule has 2 saturated heterocycles. The summed E-state index contributed by atoms with van der Waals surface area (Å²) in [6.07, 6.45) is -0.628. The highest BCUT2D eigenvalue weighted by molar-refractivity contribution is 5.95. The first-order chi connectivity index (χ1) is 13.0. The third kappa shape index (κ3) is 4.54. The van der Waals surface area contributed by atoms with Crippen molar-refractivity contribution in [3.05, 3.63) is 45.5 Å². The van der Waals surface area contributed by atoms with Crippen molar-refractivity contribution < 1.29 is 19.3 Å². The fourth-order valence-corrected chi connectivity index (χ4v) is 3.34. The van der Waals surface area contributed by atoms with E-state index in [0.717, 1.165) is 11.1 Å². The monoisotopic (exact) mass is 376 g/mol. The van der Waals surface area contributed by atoms with Crippen molar-refractivity contribution in [1.29, 1.82) is 0 Å². The van der Waals surface area contributed by atoms with Crippen molar-refractivity contribution in [3.63, 3.8) is 0 Å². The minimum Gasteiger partial charge on any atom is -0.444 e. The first-order valence-corrected chi connectivity index (χ1v) is 9.00. The summed E-state index contributed by atoms with van der Waals surface area (Å²) >= 11 is 0. The maximum atomic E-state index is 12.5. The summed E-state index contributed by atoms with van der Waals surface area (Å²) in [6, 6.07) is 7.60. The molecular weight excluding hydrogens is 352 g/mol. The van der Waals surface area contributed by atoms with Gasteiger partial charge in [-0.1, -0.05) is 31.2 Å². The predicted octanol–water partition coefficient (Wildman–Crippen LogP) is 2.08. The second-order valence-corrected chi connectivity index (χ2v) is 6.99. The third-order valence-corrected chi connectivity index (χ3v) is 5.09. The average Bonchev–Trinajstić information content (AvgIpc) is 3.21. The number of rotatable bonds is 5. The van der Waals surface area contributed by atoms with E-state index in [1.807, 2.05) is 31.2 Å². The molecule has 0 aromatic heterocycles. The van der Waals surface area contributed by atoms with E-state index < -0.39 is 11.1 Å². The molecule has 2 heterocycles. The molecule has 2 atom stereocenters. The molecule has 0 N–H and O–H groups in total. The number of benzene rings is 1. The van der Waals surface area contributed by atoms with Gasteiger partial charge in [-0.2, -0.15) is 0 Å². The minimum atomic E-state index is -0.774. The Hall–Kier alpha value is -2.68. The van der Waals surface area contributed by atoms with Gasteiger partial charge < -0.3 is 14.4 Å². The lowest BCUT2D eigenvalue weighted by molar-refractivity contribution is -0.486. The Labute approximate surface area is 157 Å². The summed E-state index contributed by atoms with van der Waals surface area (Å²) < 4.78 is 10.8. The fourth-order valence-electron chi connectivity index (χ4n) is 3.34. The Bertz CT molecular complexity index is 738. The number of hydrogen-bond donors (Lipinski definition) is 0. The van der Waals surface area contributed by atoms with Gasteiger partial charge in [-0.3, -0.25) is 0 Å². The van der Waals surface area contributed by atoms with Gasteiger partial charge in [0.25, 0.3) is 5.96 Å². The van der Waals surface area contributed by atoms with E-state index in [9.17, 15) is 14.9 Å². The molecule has 1 aromatic rings. The molecule has 2 aliphatic heterocycles. The molecule has 9 heteroatoms. The Morgan fingerprint density at radius 2 is 2.15 bits per heavy atom. The van der Waals surface area contributed by atoms with E-state index in [0.29, 0.717) is 38.8 Å². The molecule has 9 nitrogen and oxygen atoms in total. The molecule has 1 amide bonds. The lowest BCUT2D eigenvalue weighted by Crippen LogP contribution is -2.41. The largest absolute Gasteiger partial charge is 0.444 e. The number of ether oxygens (including phenoxy) is 2. The number of carbonyl (C=O) groups excluding carboxylic acids is 1. The molecule has 0 bridgehead atoms. The predicted molar refractivity (Wildman–Crippen MR) is 97.5 cm³/mol. The van der Waals surface area contributed by atoms with Crippen LogP contribution >= 0.6 is 0 Å². The summed E-state index contributed by atoms with van der Waals surface area (Å²) in [5.41, 5.74) is 1.91. The molecule has 0 spiro atoms. The van der Waals surface area contributed by atoms with E-state index in [1.165, 1.54) is 4.90 Å². The van der Waals surface area contributed by atoms with Gasteiger partial charge in [0.05, 0.1) is 13.2 Å². The molecule has 0 aliphatic carbocycles. The quantitative estimate of drug-likeness (QED) is 0.576. The van der Waals surface area contributed by atoms with Crippen LogP contribution in [-0.2, 0) is 16.1 Å². The number of amides is 1. The average molecular weight is 376 g/mol. The van der Waals surface area contributed by atoms with Crippen LogP contribution in [0.15, 0.2) is 29.4 Å². The van der Waals surface area contributed by atoms with Crippen molar-refractivity contribution in [2.24, 2.45) is 16.9 Å². The van der Waals surface area contributed by atoms with E-state index in [-0.39, 0.29) is 18.5 Å². The van der Waals surface area contributed by atoms with E-state index in [1.54, 1.807) is 4.90 Å². The van der Waals surface area contributed by atoms with Crippen LogP contribution in [0.4, 0.5) is 4.79 Å². The van der Waals surface area contributed by atoms with Gasteiger partial charge in [-0.25, -0.2) is 19.8 Å². The summed E-state index contributed by atoms with van der Waals surface area (Å²) in [4.78, 5) is 26.5. The highest BCUT2D eigenvalue weighted by atomic mass is 16.7. The van der Waals surface area contributed by atoms with Crippen molar-refractivity contribution in [1.82, 2.24) is 9.80 Å². The maximum Gasteiger partial charge on any atom is 0.417 e. The van der Waals surface area contributed by atoms with Crippen LogP contribution in [0, 0.1) is 28.9 Å². The fraction of sp³-hybridized carbons (Fsp3) is 0.556. The number of hydrogen-bond acceptors (Lipinski definition) is 5. The van der Waals surface area contributed by atoms with Gasteiger partial charge in [0.15, 0.2) is 5.03 Å². The number of nitro groups is 1. The number of guanidine groups is 1. The van der Waals surface area contributed by atoms with Gasteiger partial charge in [-0.15, -0.1) is 0 Å². The highest BCUT2D eigenvalue weighted by Crippen LogP contribution is 2.23. The highest BCUT2D eigenvalue weighted by Gasteiger charge is 2.38. The second kappa shape index (κ2) is 8.34. The van der Waals surface area contributed by atoms with Crippen molar-refractivity contribution >= 4 is 12.1 Å². The molecule has 0 radical (unpaired) electrons. The number of nitrogens with zero attached hydrogens (tertiary/aromatic N) is 4. The van der Waals surface area contributed by atoms with E-state index >= 15 is 0 Å². The van der Waals surface area contributed by atoms with Gasteiger partial charge in [0, 0.05) is 25.6 Å². The van der Waals surface area contributed by atoms with Gasteiger partial charge in [0.1, 0.15) is 11.7 Å². The molecule has 3 rings (SSSR count). The van der Waals surface area contributed by atoms with E-state index in [4.69, 9.17) is 9.47 Å². The van der Waals surface area contributed by atoms with Crippen LogP contribution in [0.5, 0.6) is 0 Å². The Morgan fingerprint density at radius 3 is 2.81 bits per heavy atom. The maximum absolute atomic E-state index is 12.5. The molecular formula is C18H24N4O5. The lowest BCUT2D eigenvalue weighted by atomic mass is 9.98. The first-order valence-electron chi connectivity index (χ1n) is 9.00. The van der Waals surface area contributed by atoms with Crippen LogP contribution < -0.4 is 0 Å². The summed E-state index contributed by atoms with van der Waals surface area (Å²) in [5, 5.41) is 13.7. The molecule has 1 aromatic carbocycles. The summed E-state index contributed by atoms with van der Waals surface area (Å²) in [5.74, 6) is 0.655. The molecule has 0 saturated carbocycles. The van der Waals surface area contributed by atoms with Crippen molar-refractivity contribution in [3.8, 4) is 0 Å². The molecule has 146 valence electrons. The van der Waals surface area contributed by atoms with Gasteiger partial charge >= 0.3 is 6.09 Å². The summed E-state index contributed by atoms with van der Waals surface area (Å²) in [6.45, 7) is 6.79. The minimum absolute atomic E-state index is 0.0360. The Morgan fingerprint density at radius 1 is 1.37 bits per heavy atom. The lowest BCUT2D eigenvalue weighted by Gasteiger charge is -2.23. The zero-order valence-corrected chi connectivity index (χ0v) is 15.5. The van der Waals surface area contributed by atoms with Crippen LogP contribution in [0.1, 0.15) is 18.1 Å². The molecule has 2 unspecified atom stereocenters. The second-order valence-electron chi connectivity index (χ2n) is 6.99. The number of carbonyl (C=O) groups is 1. The Balaban J connectivity index is 1.67. The molecule has 2 aliphatic rings. The van der Waals surface area contributed by atoms with Gasteiger partial charge in [0.2, 0.25) is 0 Å². The number of aryl methyl sites for hydroxylation is 1. The van der Waals surface area contributed by atoms with Crippen LogP contribution in [0.25, 0.3) is 0 Å². The van der Waals surface area contributed by atoms with Crippen LogP contribution in [0.3, 0.4) is 0 Å². The van der Waals surface area contributed by atoms with Crippen LogP contribution in [0.2, 0.25) is 0 Å². The zero-order valence-electron chi connectivity index (χ0n) is 15.5. The Kier molecular flexibility index (Phi) is 5.90. The first kappa shape index (κ1) is 19.1. The standard InChI is InChI=1S/C18H24N4O5/c1-13-5-3-4-6-15(13)12-27-18(23)21-8-7-20(17(21)19-22(24)25)9-16-11-26-10-14(16)2/h3-6,14,16H,7-12H2,1-2H3. The zero-order chi connectivity index (χ0) is 19.4. The molecule has 27 heavy (non-hydrogen) atoms. The van der Waals surface area contributed by atoms with Crippen molar-refractivity contribution in [2.45, 2.75) is 20.5 Å². The van der Waals surface area contributed by atoms with E-state index in [2.05, 4.69) is 12.0 Å². The topological polar surface area (TPSA) is 97.5 Å². The van der Waals surface area contributed by atoms with Gasteiger partial charge in [-0.05, 0) is 24.0 Å². The number of hydrazone groups is 1. The van der Waals surface area contributed by atoms with Crippen LogP contribution in [-0.4, -0.2) is 59.7 Å².